The normalized spacial score (nSPS) is 15.7. The van der Waals surface area contributed by atoms with Gasteiger partial charge in [-0.3, -0.25) is 9.69 Å². The second kappa shape index (κ2) is 9.82. The van der Waals surface area contributed by atoms with Gasteiger partial charge in [-0.1, -0.05) is 32.0 Å². The molecular weight excluding hydrogens is 314 g/mol. The Bertz CT molecular complexity index is 641. The Morgan fingerprint density at radius 2 is 2.08 bits per heavy atom. The first kappa shape index (κ1) is 19.0. The van der Waals surface area contributed by atoms with E-state index in [9.17, 15) is 10.1 Å². The van der Waals surface area contributed by atoms with Crippen LogP contribution in [0, 0.1) is 11.3 Å². The van der Waals surface area contributed by atoms with Crippen molar-refractivity contribution in [3.63, 3.8) is 0 Å². The molecule has 0 spiro atoms. The van der Waals surface area contributed by atoms with Gasteiger partial charge in [0, 0.05) is 51.2 Å². The number of nitrogens with one attached hydrogen (secondary N) is 3. The third kappa shape index (κ3) is 5.89. The first-order valence-electron chi connectivity index (χ1n) is 8.79. The van der Waals surface area contributed by atoms with Gasteiger partial charge in [0.15, 0.2) is 0 Å². The molecule has 0 bridgehead atoms. The molecule has 0 saturated carbocycles. The Kier molecular flexibility index (Phi) is 7.45. The molecular formula is C19H27N5O. The minimum absolute atomic E-state index is 0.0823. The number of benzene rings is 1. The average molecular weight is 341 g/mol. The fraction of sp³-hybridized carbons (Fsp3) is 0.474. The maximum atomic E-state index is 12.2. The highest BCUT2D eigenvalue weighted by atomic mass is 16.1. The number of rotatable bonds is 7. The van der Waals surface area contributed by atoms with Crippen molar-refractivity contribution in [3.8, 4) is 6.07 Å². The van der Waals surface area contributed by atoms with Crippen molar-refractivity contribution < 1.29 is 4.79 Å². The lowest BCUT2D eigenvalue weighted by Crippen LogP contribution is -2.46. The molecule has 2 rings (SSSR count). The van der Waals surface area contributed by atoms with Gasteiger partial charge in [-0.2, -0.15) is 5.26 Å². The number of hydrogen-bond acceptors (Lipinski definition) is 5. The molecule has 1 amide bonds. The molecule has 0 radical (unpaired) electrons. The summed E-state index contributed by atoms with van der Waals surface area (Å²) < 4.78 is 0. The molecule has 1 aliphatic heterocycles. The number of hydrogen-bond donors (Lipinski definition) is 3. The van der Waals surface area contributed by atoms with Crippen molar-refractivity contribution >= 4 is 11.6 Å². The van der Waals surface area contributed by atoms with Crippen LogP contribution in [0.4, 0.5) is 5.69 Å². The molecule has 0 unspecified atom stereocenters. The van der Waals surface area contributed by atoms with Crippen molar-refractivity contribution in [1.29, 1.82) is 5.26 Å². The maximum Gasteiger partial charge on any atom is 0.263 e. The molecule has 25 heavy (non-hydrogen) atoms. The number of para-hydroxylation sites is 1. The Labute approximate surface area is 149 Å². The molecule has 6 heteroatoms. The van der Waals surface area contributed by atoms with Gasteiger partial charge in [0.2, 0.25) is 0 Å². The van der Waals surface area contributed by atoms with Gasteiger partial charge in [0.1, 0.15) is 11.6 Å². The van der Waals surface area contributed by atoms with Gasteiger partial charge in [-0.25, -0.2) is 0 Å². The van der Waals surface area contributed by atoms with Gasteiger partial charge < -0.3 is 16.0 Å². The van der Waals surface area contributed by atoms with E-state index in [0.717, 1.165) is 44.0 Å². The number of carbonyl (C=O) groups excluding carboxylic acids is 1. The molecule has 1 aliphatic rings. The van der Waals surface area contributed by atoms with Crippen molar-refractivity contribution in [2.24, 2.45) is 0 Å². The van der Waals surface area contributed by atoms with Crippen LogP contribution in [0.2, 0.25) is 0 Å². The Balaban J connectivity index is 1.88. The molecule has 0 aromatic heterocycles. The predicted octanol–water partition coefficient (Wildman–Crippen LogP) is 1.65. The van der Waals surface area contributed by atoms with Crippen molar-refractivity contribution in [3.05, 3.63) is 41.6 Å². The van der Waals surface area contributed by atoms with Crippen molar-refractivity contribution in [2.45, 2.75) is 19.8 Å². The third-order valence-corrected chi connectivity index (χ3v) is 4.24. The monoisotopic (exact) mass is 341 g/mol. The lowest BCUT2D eigenvalue weighted by molar-refractivity contribution is -0.117. The van der Waals surface area contributed by atoms with Gasteiger partial charge in [-0.05, 0) is 17.5 Å². The van der Waals surface area contributed by atoms with E-state index in [1.807, 2.05) is 30.3 Å². The van der Waals surface area contributed by atoms with Crippen molar-refractivity contribution in [2.75, 3.05) is 44.6 Å². The van der Waals surface area contributed by atoms with Crippen LogP contribution in [-0.4, -0.2) is 50.1 Å². The number of amides is 1. The number of carbonyl (C=O) groups is 1. The van der Waals surface area contributed by atoms with Crippen LogP contribution in [0.25, 0.3) is 0 Å². The van der Waals surface area contributed by atoms with Crippen LogP contribution in [0.5, 0.6) is 0 Å². The van der Waals surface area contributed by atoms with E-state index in [-0.39, 0.29) is 11.5 Å². The summed E-state index contributed by atoms with van der Waals surface area (Å²) in [6.45, 7) is 9.51. The van der Waals surface area contributed by atoms with E-state index >= 15 is 0 Å². The van der Waals surface area contributed by atoms with E-state index in [2.05, 4.69) is 34.7 Å². The molecule has 0 atom stereocenters. The maximum absolute atomic E-state index is 12.2. The smallest absolute Gasteiger partial charge is 0.263 e. The second-order valence-electron chi connectivity index (χ2n) is 6.40. The zero-order valence-corrected chi connectivity index (χ0v) is 15.0. The quantitative estimate of drug-likeness (QED) is 0.519. The summed E-state index contributed by atoms with van der Waals surface area (Å²) in [6, 6.07) is 9.88. The fourth-order valence-electron chi connectivity index (χ4n) is 2.79. The van der Waals surface area contributed by atoms with Crippen molar-refractivity contribution in [1.82, 2.24) is 15.5 Å². The Morgan fingerprint density at radius 3 is 2.76 bits per heavy atom. The van der Waals surface area contributed by atoms with Gasteiger partial charge in [-0.15, -0.1) is 0 Å². The van der Waals surface area contributed by atoms with E-state index in [4.69, 9.17) is 0 Å². The first-order valence-corrected chi connectivity index (χ1v) is 8.79. The van der Waals surface area contributed by atoms with Gasteiger partial charge >= 0.3 is 0 Å². The van der Waals surface area contributed by atoms with Gasteiger partial charge in [0.05, 0.1) is 0 Å². The highest BCUT2D eigenvalue weighted by Crippen LogP contribution is 2.23. The molecule has 1 aromatic carbocycles. The molecule has 6 nitrogen and oxygen atoms in total. The minimum atomic E-state index is -0.341. The van der Waals surface area contributed by atoms with Crippen LogP contribution in [-0.2, 0) is 4.79 Å². The fourth-order valence-corrected chi connectivity index (χ4v) is 2.79. The van der Waals surface area contributed by atoms with E-state index in [1.54, 1.807) is 0 Å². The van der Waals surface area contributed by atoms with Crippen LogP contribution in [0.3, 0.4) is 0 Å². The molecule has 3 N–H and O–H groups in total. The predicted molar refractivity (Wildman–Crippen MR) is 100 cm³/mol. The highest BCUT2D eigenvalue weighted by Gasteiger charge is 2.12. The van der Waals surface area contributed by atoms with Crippen LogP contribution >= 0.6 is 0 Å². The largest absolute Gasteiger partial charge is 0.360 e. The topological polar surface area (TPSA) is 80.2 Å². The Hall–Kier alpha value is -2.36. The molecule has 1 saturated heterocycles. The van der Waals surface area contributed by atoms with Crippen LogP contribution in [0.15, 0.2) is 36.0 Å². The summed E-state index contributed by atoms with van der Waals surface area (Å²) in [5.74, 6) is 0.0163. The molecule has 134 valence electrons. The zero-order chi connectivity index (χ0) is 18.1. The SMILES string of the molecule is CC(C)c1ccccc1N/C=C(/C#N)C(=O)NCCN1CCNCC1. The standard InChI is InChI=1S/C19H27N5O/c1-15(2)17-5-3-4-6-18(17)23-14-16(13-20)19(25)22-9-12-24-10-7-21-8-11-24/h3-6,14-15,21,23H,7-12H2,1-2H3,(H,22,25)/b16-14-. The summed E-state index contributed by atoms with van der Waals surface area (Å²) in [4.78, 5) is 14.5. The number of piperazine rings is 1. The van der Waals surface area contributed by atoms with E-state index < -0.39 is 0 Å². The minimum Gasteiger partial charge on any atom is -0.360 e. The third-order valence-electron chi connectivity index (χ3n) is 4.24. The summed E-state index contributed by atoms with van der Waals surface area (Å²) in [7, 11) is 0. The number of nitriles is 1. The summed E-state index contributed by atoms with van der Waals surface area (Å²) in [5.41, 5.74) is 2.15. The van der Waals surface area contributed by atoms with E-state index in [0.29, 0.717) is 12.5 Å². The van der Waals surface area contributed by atoms with Crippen LogP contribution < -0.4 is 16.0 Å². The van der Waals surface area contributed by atoms with Gasteiger partial charge in [0.25, 0.3) is 5.91 Å². The average Bonchev–Trinajstić information content (AvgIpc) is 2.63. The molecule has 0 aliphatic carbocycles. The lowest BCUT2D eigenvalue weighted by Gasteiger charge is -2.27. The zero-order valence-electron chi connectivity index (χ0n) is 15.0. The molecule has 1 heterocycles. The summed E-state index contributed by atoms with van der Waals surface area (Å²) in [5, 5.41) is 18.5. The van der Waals surface area contributed by atoms with Crippen LogP contribution in [0.1, 0.15) is 25.3 Å². The second-order valence-corrected chi connectivity index (χ2v) is 6.40. The van der Waals surface area contributed by atoms with E-state index in [1.165, 1.54) is 6.20 Å². The Morgan fingerprint density at radius 1 is 1.36 bits per heavy atom. The molecule has 1 aromatic rings. The summed E-state index contributed by atoms with van der Waals surface area (Å²) >= 11 is 0. The number of anilines is 1. The highest BCUT2D eigenvalue weighted by molar-refractivity contribution is 5.97. The molecule has 1 fully saturated rings. The lowest BCUT2D eigenvalue weighted by atomic mass is 10.0. The number of nitrogens with zero attached hydrogens (tertiary/aromatic N) is 2. The first-order chi connectivity index (χ1) is 12.1. The summed E-state index contributed by atoms with van der Waals surface area (Å²) in [6.07, 6.45) is 1.49.